The smallest absolute Gasteiger partial charge is 0.137 e. The zero-order chi connectivity index (χ0) is 13.8. The Bertz CT molecular complexity index is 411. The minimum Gasteiger partial charge on any atom is -0.495 e. The van der Waals surface area contributed by atoms with Crippen LogP contribution in [0.5, 0.6) is 11.5 Å². The Labute approximate surface area is 135 Å². The van der Waals surface area contributed by atoms with Gasteiger partial charge in [-0.25, -0.2) is 0 Å². The summed E-state index contributed by atoms with van der Waals surface area (Å²) in [5.41, 5.74) is 7.54. The second kappa shape index (κ2) is 8.11. The average molecular weight is 365 g/mol. The molecule has 2 rings (SSSR count). The SMILES string of the molecule is COc1cc([C@H](N)C2CCCCC2)cc(OC)c1Br.Cl. The summed E-state index contributed by atoms with van der Waals surface area (Å²) in [6, 6.07) is 4.11. The van der Waals surface area contributed by atoms with Crippen LogP contribution in [0.15, 0.2) is 16.6 Å². The lowest BCUT2D eigenvalue weighted by Gasteiger charge is -2.28. The van der Waals surface area contributed by atoms with Crippen molar-refractivity contribution in [3.8, 4) is 11.5 Å². The predicted octanol–water partition coefficient (Wildman–Crippen LogP) is 4.47. The fourth-order valence-corrected chi connectivity index (χ4v) is 3.40. The number of methoxy groups -OCH3 is 2. The lowest BCUT2D eigenvalue weighted by atomic mass is 9.81. The van der Waals surface area contributed by atoms with Crippen molar-refractivity contribution in [1.82, 2.24) is 0 Å². The number of benzene rings is 1. The van der Waals surface area contributed by atoms with Gasteiger partial charge in [0.15, 0.2) is 0 Å². The van der Waals surface area contributed by atoms with Gasteiger partial charge in [0.05, 0.1) is 14.2 Å². The van der Waals surface area contributed by atoms with Crippen molar-refractivity contribution in [2.45, 2.75) is 38.1 Å². The first-order valence-electron chi connectivity index (χ1n) is 6.84. The minimum absolute atomic E-state index is 0. The van der Waals surface area contributed by atoms with Crippen molar-refractivity contribution >= 4 is 28.3 Å². The topological polar surface area (TPSA) is 44.5 Å². The molecule has 0 saturated heterocycles. The lowest BCUT2D eigenvalue weighted by Crippen LogP contribution is -2.23. The largest absolute Gasteiger partial charge is 0.495 e. The summed E-state index contributed by atoms with van der Waals surface area (Å²) in [5.74, 6) is 2.13. The van der Waals surface area contributed by atoms with Crippen molar-refractivity contribution in [2.75, 3.05) is 14.2 Å². The van der Waals surface area contributed by atoms with E-state index in [9.17, 15) is 0 Å². The van der Waals surface area contributed by atoms with E-state index in [-0.39, 0.29) is 18.4 Å². The van der Waals surface area contributed by atoms with Crippen LogP contribution in [0.2, 0.25) is 0 Å². The molecule has 0 aliphatic heterocycles. The highest BCUT2D eigenvalue weighted by atomic mass is 79.9. The molecule has 1 atom stereocenters. The summed E-state index contributed by atoms with van der Waals surface area (Å²) in [7, 11) is 3.32. The molecule has 1 fully saturated rings. The molecule has 1 aliphatic rings. The van der Waals surface area contributed by atoms with Crippen LogP contribution in [0.4, 0.5) is 0 Å². The number of halogens is 2. The molecule has 0 amide bonds. The van der Waals surface area contributed by atoms with E-state index in [0.29, 0.717) is 5.92 Å². The highest BCUT2D eigenvalue weighted by Gasteiger charge is 2.23. The standard InChI is InChI=1S/C15H22BrNO2.ClH/c1-18-12-8-11(9-13(19-2)14(12)16)15(17)10-6-4-3-5-7-10;/h8-10,15H,3-7,17H2,1-2H3;1H/t15-;/m1./s1. The molecule has 0 unspecified atom stereocenters. The Morgan fingerprint density at radius 2 is 1.60 bits per heavy atom. The van der Waals surface area contributed by atoms with Crippen LogP contribution in [0.3, 0.4) is 0 Å². The molecular weight excluding hydrogens is 342 g/mol. The molecule has 0 heterocycles. The molecular formula is C15H23BrClNO2. The number of rotatable bonds is 4. The zero-order valence-electron chi connectivity index (χ0n) is 12.0. The van der Waals surface area contributed by atoms with Gasteiger partial charge in [-0.1, -0.05) is 19.3 Å². The van der Waals surface area contributed by atoms with Gasteiger partial charge in [-0.2, -0.15) is 0 Å². The number of ether oxygens (including phenoxy) is 2. The van der Waals surface area contributed by atoms with Crippen molar-refractivity contribution in [2.24, 2.45) is 11.7 Å². The number of hydrogen-bond donors (Lipinski definition) is 1. The molecule has 20 heavy (non-hydrogen) atoms. The van der Waals surface area contributed by atoms with Crippen LogP contribution in [-0.2, 0) is 0 Å². The fourth-order valence-electron chi connectivity index (χ4n) is 2.85. The third kappa shape index (κ3) is 3.80. The molecule has 1 aromatic carbocycles. The second-order valence-corrected chi connectivity index (χ2v) is 5.96. The highest BCUT2D eigenvalue weighted by Crippen LogP contribution is 2.40. The van der Waals surface area contributed by atoms with Crippen LogP contribution in [-0.4, -0.2) is 14.2 Å². The van der Waals surface area contributed by atoms with E-state index in [1.807, 2.05) is 12.1 Å². The quantitative estimate of drug-likeness (QED) is 0.857. The van der Waals surface area contributed by atoms with Gasteiger partial charge in [0, 0.05) is 6.04 Å². The van der Waals surface area contributed by atoms with Gasteiger partial charge >= 0.3 is 0 Å². The summed E-state index contributed by atoms with van der Waals surface area (Å²) in [6.45, 7) is 0. The molecule has 5 heteroatoms. The molecule has 1 aliphatic carbocycles. The van der Waals surface area contributed by atoms with E-state index in [1.165, 1.54) is 32.1 Å². The summed E-state index contributed by atoms with van der Waals surface area (Å²) >= 11 is 3.49. The van der Waals surface area contributed by atoms with E-state index < -0.39 is 0 Å². The number of hydrogen-bond acceptors (Lipinski definition) is 3. The van der Waals surface area contributed by atoms with Crippen molar-refractivity contribution < 1.29 is 9.47 Å². The van der Waals surface area contributed by atoms with E-state index >= 15 is 0 Å². The molecule has 0 aromatic heterocycles. The Balaban J connectivity index is 0.00000200. The van der Waals surface area contributed by atoms with Crippen LogP contribution in [0, 0.1) is 5.92 Å². The van der Waals surface area contributed by atoms with Crippen molar-refractivity contribution in [3.05, 3.63) is 22.2 Å². The summed E-state index contributed by atoms with van der Waals surface area (Å²) in [6.07, 6.45) is 6.38. The van der Waals surface area contributed by atoms with Gasteiger partial charge in [0.2, 0.25) is 0 Å². The van der Waals surface area contributed by atoms with Crippen LogP contribution < -0.4 is 15.2 Å². The normalized spacial score (nSPS) is 17.2. The third-order valence-electron chi connectivity index (χ3n) is 4.01. The molecule has 0 radical (unpaired) electrons. The van der Waals surface area contributed by atoms with E-state index in [4.69, 9.17) is 15.2 Å². The van der Waals surface area contributed by atoms with Gasteiger partial charge in [-0.3, -0.25) is 0 Å². The van der Waals surface area contributed by atoms with Gasteiger partial charge < -0.3 is 15.2 Å². The van der Waals surface area contributed by atoms with Gasteiger partial charge in [0.25, 0.3) is 0 Å². The Morgan fingerprint density at radius 1 is 1.10 bits per heavy atom. The second-order valence-electron chi connectivity index (χ2n) is 5.16. The Morgan fingerprint density at radius 3 is 2.05 bits per heavy atom. The Hall–Kier alpha value is -0.450. The van der Waals surface area contributed by atoms with Crippen molar-refractivity contribution in [3.63, 3.8) is 0 Å². The molecule has 0 bridgehead atoms. The maximum absolute atomic E-state index is 6.44. The Kier molecular flexibility index (Phi) is 7.13. The van der Waals surface area contributed by atoms with Gasteiger partial charge in [0.1, 0.15) is 16.0 Å². The predicted molar refractivity (Wildman–Crippen MR) is 88.0 cm³/mol. The first kappa shape index (κ1) is 17.6. The molecule has 0 spiro atoms. The van der Waals surface area contributed by atoms with Crippen LogP contribution >= 0.6 is 28.3 Å². The van der Waals surface area contributed by atoms with Crippen LogP contribution in [0.25, 0.3) is 0 Å². The summed E-state index contributed by atoms with van der Waals surface area (Å²) < 4.78 is 11.6. The first-order valence-corrected chi connectivity index (χ1v) is 7.63. The molecule has 1 saturated carbocycles. The summed E-state index contributed by atoms with van der Waals surface area (Å²) in [5, 5.41) is 0. The third-order valence-corrected chi connectivity index (χ3v) is 4.79. The average Bonchev–Trinajstić information content (AvgIpc) is 2.47. The lowest BCUT2D eigenvalue weighted by molar-refractivity contribution is 0.306. The molecule has 2 N–H and O–H groups in total. The highest BCUT2D eigenvalue weighted by molar-refractivity contribution is 9.10. The molecule has 114 valence electrons. The molecule has 1 aromatic rings. The number of nitrogens with two attached hydrogens (primary N) is 1. The fraction of sp³-hybridized carbons (Fsp3) is 0.600. The summed E-state index contributed by atoms with van der Waals surface area (Å²) in [4.78, 5) is 0. The monoisotopic (exact) mass is 363 g/mol. The van der Waals surface area contributed by atoms with Crippen molar-refractivity contribution in [1.29, 1.82) is 0 Å². The molecule has 3 nitrogen and oxygen atoms in total. The van der Waals surface area contributed by atoms with E-state index in [2.05, 4.69) is 15.9 Å². The van der Waals surface area contributed by atoms with Crippen LogP contribution in [0.1, 0.15) is 43.7 Å². The minimum atomic E-state index is 0. The van der Waals surface area contributed by atoms with E-state index in [1.54, 1.807) is 14.2 Å². The first-order chi connectivity index (χ1) is 9.17. The van der Waals surface area contributed by atoms with E-state index in [0.717, 1.165) is 21.5 Å². The maximum Gasteiger partial charge on any atom is 0.137 e. The van der Waals surface area contributed by atoms with Gasteiger partial charge in [-0.15, -0.1) is 12.4 Å². The van der Waals surface area contributed by atoms with Gasteiger partial charge in [-0.05, 0) is 52.4 Å². The maximum atomic E-state index is 6.44. The zero-order valence-corrected chi connectivity index (χ0v) is 14.4.